The molecule has 0 aliphatic rings. The van der Waals surface area contributed by atoms with Gasteiger partial charge >= 0.3 is 0 Å². The zero-order valence-corrected chi connectivity index (χ0v) is 12.0. The normalized spacial score (nSPS) is 13.0. The van der Waals surface area contributed by atoms with Crippen molar-refractivity contribution in [1.82, 2.24) is 0 Å². The molecule has 4 nitrogen and oxygen atoms in total. The molecule has 0 aromatic heterocycles. The van der Waals surface area contributed by atoms with Crippen LogP contribution >= 0.6 is 0 Å². The van der Waals surface area contributed by atoms with Gasteiger partial charge in [-0.05, 0) is 36.8 Å². The molecule has 3 N–H and O–H groups in total. The summed E-state index contributed by atoms with van der Waals surface area (Å²) in [6.45, 7) is 1.74. The van der Waals surface area contributed by atoms with Crippen LogP contribution in [0.3, 0.4) is 0 Å². The number of nitrogens with one attached hydrogen (secondary N) is 1. The number of primary sulfonamides is 1. The Kier molecular flexibility index (Phi) is 4.24. The lowest BCUT2D eigenvalue weighted by molar-refractivity contribution is 0.583. The summed E-state index contributed by atoms with van der Waals surface area (Å²) < 4.78 is 48.9. The number of benzene rings is 2. The molecule has 0 radical (unpaired) electrons. The molecule has 2 rings (SSSR count). The third-order valence-electron chi connectivity index (χ3n) is 2.93. The maximum absolute atomic E-state index is 13.1. The van der Waals surface area contributed by atoms with Crippen molar-refractivity contribution in [2.24, 2.45) is 5.14 Å². The van der Waals surface area contributed by atoms with Gasteiger partial charge in [0.25, 0.3) is 0 Å². The van der Waals surface area contributed by atoms with Crippen LogP contribution in [-0.4, -0.2) is 8.42 Å². The summed E-state index contributed by atoms with van der Waals surface area (Å²) in [7, 11) is -3.79. The van der Waals surface area contributed by atoms with Crippen LogP contribution in [0.2, 0.25) is 0 Å². The second kappa shape index (κ2) is 5.79. The van der Waals surface area contributed by atoms with E-state index in [0.29, 0.717) is 5.56 Å². The molecule has 0 bridgehead atoms. The summed E-state index contributed by atoms with van der Waals surface area (Å²) in [5.41, 5.74) is 0.896. The number of rotatable bonds is 4. The molecule has 0 amide bonds. The smallest absolute Gasteiger partial charge is 0.238 e. The summed E-state index contributed by atoms with van der Waals surface area (Å²) in [5.74, 6) is -1.38. The van der Waals surface area contributed by atoms with E-state index in [1.165, 1.54) is 12.1 Å². The fraction of sp³-hybridized carbons (Fsp3) is 0.143. The lowest BCUT2D eigenvalue weighted by atomic mass is 10.1. The first-order valence-electron chi connectivity index (χ1n) is 6.11. The Bertz CT molecular complexity index is 743. The van der Waals surface area contributed by atoms with E-state index in [1.54, 1.807) is 19.1 Å². The molecule has 0 saturated carbocycles. The van der Waals surface area contributed by atoms with Gasteiger partial charge in [0.15, 0.2) is 0 Å². The second-order valence-electron chi connectivity index (χ2n) is 4.64. The molecule has 7 heteroatoms. The Labute approximate surface area is 121 Å². The van der Waals surface area contributed by atoms with Crippen molar-refractivity contribution in [2.45, 2.75) is 17.9 Å². The standard InChI is InChI=1S/C14H14F2N2O2S/c1-9(18-13-7-11(15)6-12(16)8-13)10-3-2-4-14(5-10)21(17,19)20/h2-9,18H,1H3,(H2,17,19,20). The number of halogens is 2. The van der Waals surface area contributed by atoms with E-state index in [-0.39, 0.29) is 16.6 Å². The molecule has 0 saturated heterocycles. The van der Waals surface area contributed by atoms with Gasteiger partial charge in [0.05, 0.1) is 4.90 Å². The number of sulfonamides is 1. The Morgan fingerprint density at radius 2 is 1.71 bits per heavy atom. The zero-order chi connectivity index (χ0) is 15.6. The lowest BCUT2D eigenvalue weighted by Crippen LogP contribution is -2.13. The molecule has 0 spiro atoms. The second-order valence-corrected chi connectivity index (χ2v) is 6.20. The molecule has 0 fully saturated rings. The number of hydrogen-bond donors (Lipinski definition) is 2. The SMILES string of the molecule is CC(Nc1cc(F)cc(F)c1)c1cccc(S(N)(=O)=O)c1. The van der Waals surface area contributed by atoms with Crippen molar-refractivity contribution in [3.63, 3.8) is 0 Å². The van der Waals surface area contributed by atoms with E-state index in [4.69, 9.17) is 5.14 Å². The molecule has 1 unspecified atom stereocenters. The monoisotopic (exact) mass is 312 g/mol. The number of anilines is 1. The van der Waals surface area contributed by atoms with Crippen molar-refractivity contribution in [3.05, 3.63) is 59.7 Å². The minimum atomic E-state index is -3.79. The summed E-state index contributed by atoms with van der Waals surface area (Å²) in [4.78, 5) is -0.0147. The van der Waals surface area contributed by atoms with Crippen LogP contribution < -0.4 is 10.5 Å². The molecule has 2 aromatic rings. The van der Waals surface area contributed by atoms with E-state index in [2.05, 4.69) is 5.32 Å². The first-order chi connectivity index (χ1) is 9.75. The highest BCUT2D eigenvalue weighted by atomic mass is 32.2. The fourth-order valence-electron chi connectivity index (χ4n) is 1.93. The van der Waals surface area contributed by atoms with E-state index in [9.17, 15) is 17.2 Å². The average Bonchev–Trinajstić information content (AvgIpc) is 2.36. The third-order valence-corrected chi connectivity index (χ3v) is 3.84. The summed E-state index contributed by atoms with van der Waals surface area (Å²) >= 11 is 0. The Hall–Kier alpha value is -1.99. The third kappa shape index (κ3) is 3.99. The molecular formula is C14H14F2N2O2S. The molecular weight excluding hydrogens is 298 g/mol. The molecule has 2 aromatic carbocycles. The predicted molar refractivity (Wildman–Crippen MR) is 76.2 cm³/mol. The molecule has 0 aliphatic heterocycles. The van der Waals surface area contributed by atoms with Crippen LogP contribution in [0, 0.1) is 11.6 Å². The van der Waals surface area contributed by atoms with Crippen LogP contribution in [0.15, 0.2) is 47.4 Å². The van der Waals surface area contributed by atoms with Crippen molar-refractivity contribution < 1.29 is 17.2 Å². The highest BCUT2D eigenvalue weighted by Crippen LogP contribution is 2.22. The van der Waals surface area contributed by atoms with Gasteiger partial charge in [-0.2, -0.15) is 0 Å². The van der Waals surface area contributed by atoms with Crippen molar-refractivity contribution in [1.29, 1.82) is 0 Å². The van der Waals surface area contributed by atoms with E-state index in [0.717, 1.165) is 18.2 Å². The fourth-order valence-corrected chi connectivity index (χ4v) is 2.50. The van der Waals surface area contributed by atoms with Crippen LogP contribution in [-0.2, 0) is 10.0 Å². The summed E-state index contributed by atoms with van der Waals surface area (Å²) in [6, 6.07) is 8.79. The van der Waals surface area contributed by atoms with Gasteiger partial charge in [-0.3, -0.25) is 0 Å². The molecule has 1 atom stereocenters. The quantitative estimate of drug-likeness (QED) is 0.912. The molecule has 0 heterocycles. The Morgan fingerprint density at radius 3 is 2.29 bits per heavy atom. The van der Waals surface area contributed by atoms with Gasteiger partial charge in [-0.25, -0.2) is 22.3 Å². The molecule has 112 valence electrons. The van der Waals surface area contributed by atoms with Crippen LogP contribution in [0.1, 0.15) is 18.5 Å². The number of hydrogen-bond acceptors (Lipinski definition) is 3. The predicted octanol–water partition coefficient (Wildman–Crippen LogP) is 2.79. The highest BCUT2D eigenvalue weighted by molar-refractivity contribution is 7.89. The average molecular weight is 312 g/mol. The van der Waals surface area contributed by atoms with E-state index in [1.807, 2.05) is 0 Å². The van der Waals surface area contributed by atoms with Gasteiger partial charge in [0.1, 0.15) is 11.6 Å². The maximum Gasteiger partial charge on any atom is 0.238 e. The van der Waals surface area contributed by atoms with Gasteiger partial charge in [0.2, 0.25) is 10.0 Å². The first kappa shape index (κ1) is 15.4. The minimum Gasteiger partial charge on any atom is -0.378 e. The largest absolute Gasteiger partial charge is 0.378 e. The van der Waals surface area contributed by atoms with Crippen LogP contribution in [0.25, 0.3) is 0 Å². The Morgan fingerprint density at radius 1 is 1.10 bits per heavy atom. The van der Waals surface area contributed by atoms with Crippen molar-refractivity contribution >= 4 is 15.7 Å². The highest BCUT2D eigenvalue weighted by Gasteiger charge is 2.12. The minimum absolute atomic E-state index is 0.0147. The van der Waals surface area contributed by atoms with Crippen LogP contribution in [0.4, 0.5) is 14.5 Å². The van der Waals surface area contributed by atoms with E-state index >= 15 is 0 Å². The van der Waals surface area contributed by atoms with E-state index < -0.39 is 21.7 Å². The Balaban J connectivity index is 2.26. The van der Waals surface area contributed by atoms with Gasteiger partial charge < -0.3 is 5.32 Å². The topological polar surface area (TPSA) is 72.2 Å². The van der Waals surface area contributed by atoms with Gasteiger partial charge in [0, 0.05) is 17.8 Å². The molecule has 21 heavy (non-hydrogen) atoms. The van der Waals surface area contributed by atoms with Crippen molar-refractivity contribution in [3.8, 4) is 0 Å². The van der Waals surface area contributed by atoms with Crippen LogP contribution in [0.5, 0.6) is 0 Å². The zero-order valence-electron chi connectivity index (χ0n) is 11.2. The maximum atomic E-state index is 13.1. The summed E-state index contributed by atoms with van der Waals surface area (Å²) in [5, 5.41) is 7.97. The molecule has 0 aliphatic carbocycles. The van der Waals surface area contributed by atoms with Crippen molar-refractivity contribution in [2.75, 3.05) is 5.32 Å². The van der Waals surface area contributed by atoms with Gasteiger partial charge in [-0.15, -0.1) is 0 Å². The first-order valence-corrected chi connectivity index (χ1v) is 7.66. The number of nitrogens with two attached hydrogens (primary N) is 1. The summed E-state index contributed by atoms with van der Waals surface area (Å²) in [6.07, 6.45) is 0. The lowest BCUT2D eigenvalue weighted by Gasteiger charge is -2.16. The van der Waals surface area contributed by atoms with Gasteiger partial charge in [-0.1, -0.05) is 12.1 Å².